The summed E-state index contributed by atoms with van der Waals surface area (Å²) < 4.78 is 0.950. The van der Waals surface area contributed by atoms with Crippen molar-refractivity contribution in [2.24, 2.45) is 7.05 Å². The van der Waals surface area contributed by atoms with Gasteiger partial charge < -0.3 is 15.0 Å². The topological polar surface area (TPSA) is 112 Å². The van der Waals surface area contributed by atoms with Crippen molar-refractivity contribution in [1.29, 1.82) is 0 Å². The number of H-pyrrole nitrogens is 1. The van der Waals surface area contributed by atoms with Gasteiger partial charge in [0.1, 0.15) is 0 Å². The first kappa shape index (κ1) is 18.6. The highest BCUT2D eigenvalue weighted by atomic mass is 16.4. The average molecular weight is 371 g/mol. The molecule has 1 aromatic heterocycles. The molecule has 8 nitrogen and oxygen atoms in total. The molecule has 27 heavy (non-hydrogen) atoms. The van der Waals surface area contributed by atoms with Crippen LogP contribution in [0, 0.1) is 0 Å². The number of carbonyl (C=O) groups excluding carboxylic acids is 1. The summed E-state index contributed by atoms with van der Waals surface area (Å²) in [5.41, 5.74) is 0.507. The summed E-state index contributed by atoms with van der Waals surface area (Å²) in [6.45, 7) is 1.14. The van der Waals surface area contributed by atoms with Crippen molar-refractivity contribution in [2.45, 2.75) is 25.2 Å². The fourth-order valence-electron chi connectivity index (χ4n) is 3.39. The van der Waals surface area contributed by atoms with Crippen LogP contribution in [0.1, 0.15) is 40.2 Å². The van der Waals surface area contributed by atoms with Crippen molar-refractivity contribution >= 4 is 11.9 Å². The van der Waals surface area contributed by atoms with Gasteiger partial charge in [-0.1, -0.05) is 12.1 Å². The maximum Gasteiger partial charge on any atom is 0.335 e. The summed E-state index contributed by atoms with van der Waals surface area (Å²) in [5.74, 6) is -1.00. The monoisotopic (exact) mass is 371 g/mol. The van der Waals surface area contributed by atoms with E-state index < -0.39 is 17.2 Å². The fraction of sp³-hybridized carbons (Fsp3) is 0.368. The van der Waals surface area contributed by atoms with Crippen LogP contribution in [-0.2, 0) is 18.3 Å². The van der Waals surface area contributed by atoms with Crippen LogP contribution in [0.15, 0.2) is 40.1 Å². The minimum Gasteiger partial charge on any atom is -0.478 e. The number of nitrogens with one attached hydrogen (secondary N) is 1. The van der Waals surface area contributed by atoms with E-state index in [9.17, 15) is 19.2 Å². The summed E-state index contributed by atoms with van der Waals surface area (Å²) in [6.07, 6.45) is 2.99. The van der Waals surface area contributed by atoms with Gasteiger partial charge in [0.2, 0.25) is 5.91 Å². The molecule has 2 aromatic rings. The Hall–Kier alpha value is -3.16. The highest BCUT2D eigenvalue weighted by Gasteiger charge is 2.25. The van der Waals surface area contributed by atoms with E-state index in [1.165, 1.54) is 13.2 Å². The molecule has 0 bridgehead atoms. The molecule has 0 radical (unpaired) electrons. The summed E-state index contributed by atoms with van der Waals surface area (Å²) >= 11 is 0. The first-order chi connectivity index (χ1) is 12.9. The molecule has 3 rings (SSSR count). The molecule has 8 heteroatoms. The smallest absolute Gasteiger partial charge is 0.335 e. The Morgan fingerprint density at radius 1 is 1.22 bits per heavy atom. The Morgan fingerprint density at radius 2 is 1.93 bits per heavy atom. The predicted molar refractivity (Wildman–Crippen MR) is 98.0 cm³/mol. The largest absolute Gasteiger partial charge is 0.478 e. The highest BCUT2D eigenvalue weighted by Crippen LogP contribution is 2.27. The van der Waals surface area contributed by atoms with Crippen molar-refractivity contribution < 1.29 is 14.7 Å². The highest BCUT2D eigenvalue weighted by molar-refractivity contribution is 5.87. The molecule has 0 spiro atoms. The second-order valence-corrected chi connectivity index (χ2v) is 6.77. The van der Waals surface area contributed by atoms with E-state index in [1.54, 1.807) is 29.2 Å². The molecule has 2 heterocycles. The van der Waals surface area contributed by atoms with E-state index in [0.29, 0.717) is 13.1 Å². The molecule has 142 valence electrons. The summed E-state index contributed by atoms with van der Waals surface area (Å²) in [4.78, 5) is 51.3. The van der Waals surface area contributed by atoms with Crippen molar-refractivity contribution in [3.63, 3.8) is 0 Å². The van der Waals surface area contributed by atoms with Crippen LogP contribution in [0.25, 0.3) is 0 Å². The molecule has 1 amide bonds. The van der Waals surface area contributed by atoms with E-state index in [1.807, 2.05) is 0 Å². The number of aromatic amines is 1. The standard InChI is InChI=1S/C19H21N3O5/c1-21-17(24)15(10-20-19(21)27)9-16(23)22-8-2-3-14(11-22)12-4-6-13(7-5-12)18(25)26/h4-7,10,14H,2-3,8-9,11H2,1H3,(H,20,27)(H,25,26)/t14-/m0/s1. The number of nitrogens with zero attached hydrogens (tertiary/aromatic N) is 2. The van der Waals surface area contributed by atoms with Crippen LogP contribution in [0.2, 0.25) is 0 Å². The van der Waals surface area contributed by atoms with Gasteiger partial charge in [-0.2, -0.15) is 0 Å². The number of likely N-dealkylation sites (tertiary alicyclic amines) is 1. The third-order valence-corrected chi connectivity index (χ3v) is 5.00. The Balaban J connectivity index is 1.71. The fourth-order valence-corrected chi connectivity index (χ4v) is 3.39. The van der Waals surface area contributed by atoms with Crippen molar-refractivity contribution in [1.82, 2.24) is 14.5 Å². The van der Waals surface area contributed by atoms with E-state index in [-0.39, 0.29) is 29.4 Å². The van der Waals surface area contributed by atoms with Crippen molar-refractivity contribution in [3.05, 3.63) is 68.0 Å². The molecule has 1 aromatic carbocycles. The predicted octanol–water partition coefficient (Wildman–Crippen LogP) is 0.720. The number of aromatic carboxylic acids is 1. The van der Waals surface area contributed by atoms with Crippen LogP contribution in [0.3, 0.4) is 0 Å². The lowest BCUT2D eigenvalue weighted by Gasteiger charge is -2.33. The maximum atomic E-state index is 12.6. The Bertz CT molecular complexity index is 974. The van der Waals surface area contributed by atoms with Gasteiger partial charge in [-0.25, -0.2) is 9.59 Å². The Morgan fingerprint density at radius 3 is 2.59 bits per heavy atom. The minimum atomic E-state index is -0.968. The van der Waals surface area contributed by atoms with Gasteiger partial charge in [0.15, 0.2) is 0 Å². The van der Waals surface area contributed by atoms with Gasteiger partial charge >= 0.3 is 11.7 Å². The number of hydrogen-bond acceptors (Lipinski definition) is 4. The lowest BCUT2D eigenvalue weighted by atomic mass is 9.90. The zero-order chi connectivity index (χ0) is 19.6. The van der Waals surface area contributed by atoms with Crippen molar-refractivity contribution in [3.8, 4) is 0 Å². The average Bonchev–Trinajstić information content (AvgIpc) is 2.68. The molecule has 1 saturated heterocycles. The number of benzene rings is 1. The van der Waals surface area contributed by atoms with Crippen LogP contribution in [0.4, 0.5) is 0 Å². The number of carbonyl (C=O) groups is 2. The third kappa shape index (κ3) is 3.99. The summed E-state index contributed by atoms with van der Waals surface area (Å²) in [7, 11) is 1.37. The molecule has 0 aliphatic carbocycles. The lowest BCUT2D eigenvalue weighted by Crippen LogP contribution is -2.42. The van der Waals surface area contributed by atoms with Gasteiger partial charge in [0.05, 0.1) is 12.0 Å². The lowest BCUT2D eigenvalue weighted by molar-refractivity contribution is -0.131. The molecule has 2 N–H and O–H groups in total. The zero-order valence-electron chi connectivity index (χ0n) is 15.0. The molecule has 1 aliphatic rings. The SMILES string of the molecule is Cn1c(=O)[nH]cc(CC(=O)N2CCC[C@H](c3ccc(C(=O)O)cc3)C2)c1=O. The minimum absolute atomic E-state index is 0.0614. The number of rotatable bonds is 4. The normalized spacial score (nSPS) is 16.9. The molecule has 0 unspecified atom stereocenters. The van der Waals surface area contributed by atoms with Crippen LogP contribution in [0.5, 0.6) is 0 Å². The van der Waals surface area contributed by atoms with E-state index in [4.69, 9.17) is 5.11 Å². The van der Waals surface area contributed by atoms with Crippen molar-refractivity contribution in [2.75, 3.05) is 13.1 Å². The quantitative estimate of drug-likeness (QED) is 0.822. The first-order valence-electron chi connectivity index (χ1n) is 8.75. The number of aromatic nitrogens is 2. The van der Waals surface area contributed by atoms with Gasteiger partial charge in [0.25, 0.3) is 5.56 Å². The number of carboxylic acid groups (broad SMARTS) is 1. The molecule has 1 atom stereocenters. The molecular weight excluding hydrogens is 350 g/mol. The van der Waals surface area contributed by atoms with E-state index in [2.05, 4.69) is 4.98 Å². The molecule has 1 aliphatic heterocycles. The van der Waals surface area contributed by atoms with E-state index in [0.717, 1.165) is 23.0 Å². The number of carboxylic acids is 1. The molecule has 1 fully saturated rings. The Kier molecular flexibility index (Phi) is 5.25. The second-order valence-electron chi connectivity index (χ2n) is 6.77. The Labute approximate surface area is 155 Å². The zero-order valence-corrected chi connectivity index (χ0v) is 15.0. The number of hydrogen-bond donors (Lipinski definition) is 2. The first-order valence-corrected chi connectivity index (χ1v) is 8.75. The third-order valence-electron chi connectivity index (χ3n) is 5.00. The molecule has 0 saturated carbocycles. The van der Waals surface area contributed by atoms with Gasteiger partial charge in [-0.15, -0.1) is 0 Å². The van der Waals surface area contributed by atoms with Crippen LogP contribution < -0.4 is 11.2 Å². The molecular formula is C19H21N3O5. The summed E-state index contributed by atoms with van der Waals surface area (Å²) in [6, 6.07) is 6.73. The number of amides is 1. The van der Waals surface area contributed by atoms with Gasteiger partial charge in [-0.3, -0.25) is 14.2 Å². The second kappa shape index (κ2) is 7.61. The van der Waals surface area contributed by atoms with Gasteiger partial charge in [-0.05, 0) is 30.5 Å². The maximum absolute atomic E-state index is 12.6. The number of piperidine rings is 1. The van der Waals surface area contributed by atoms with Crippen LogP contribution >= 0.6 is 0 Å². The van der Waals surface area contributed by atoms with Gasteiger partial charge in [0, 0.05) is 37.8 Å². The van der Waals surface area contributed by atoms with Crippen LogP contribution in [-0.4, -0.2) is 44.5 Å². The summed E-state index contributed by atoms with van der Waals surface area (Å²) in [5, 5.41) is 9.00. The van der Waals surface area contributed by atoms with E-state index >= 15 is 0 Å².